The highest BCUT2D eigenvalue weighted by atomic mass is 79.9. The number of benzene rings is 2. The predicted octanol–water partition coefficient (Wildman–Crippen LogP) is 4.20. The van der Waals surface area contributed by atoms with Crippen molar-refractivity contribution in [1.82, 2.24) is 0 Å². The zero-order valence-corrected chi connectivity index (χ0v) is 13.2. The van der Waals surface area contributed by atoms with Gasteiger partial charge in [-0.1, -0.05) is 18.2 Å². The molecule has 104 valence electrons. The van der Waals surface area contributed by atoms with Gasteiger partial charge < -0.3 is 10.6 Å². The number of para-hydroxylation sites is 1. The third-order valence-corrected chi connectivity index (χ3v) is 3.93. The second-order valence-corrected chi connectivity index (χ2v) is 5.46. The molecule has 4 heteroatoms. The molecule has 0 unspecified atom stereocenters. The largest absolute Gasteiger partial charge is 0.384 e. The van der Waals surface area contributed by atoms with E-state index in [2.05, 4.69) is 46.8 Å². The van der Waals surface area contributed by atoms with Gasteiger partial charge in [0.25, 0.3) is 0 Å². The minimum absolute atomic E-state index is 0.0716. The predicted molar refractivity (Wildman–Crippen MR) is 89.0 cm³/mol. The van der Waals surface area contributed by atoms with Crippen LogP contribution in [0.3, 0.4) is 0 Å². The van der Waals surface area contributed by atoms with Gasteiger partial charge in [-0.05, 0) is 59.6 Å². The van der Waals surface area contributed by atoms with Crippen LogP contribution < -0.4 is 10.6 Å². The van der Waals surface area contributed by atoms with E-state index in [-0.39, 0.29) is 5.84 Å². The van der Waals surface area contributed by atoms with E-state index >= 15 is 0 Å². The van der Waals surface area contributed by atoms with Crippen molar-refractivity contribution in [2.24, 2.45) is 5.73 Å². The van der Waals surface area contributed by atoms with Crippen LogP contribution >= 0.6 is 15.9 Å². The first kappa shape index (κ1) is 14.6. The number of nitrogens with one attached hydrogen (secondary N) is 1. The number of rotatable bonds is 4. The van der Waals surface area contributed by atoms with Gasteiger partial charge in [0.1, 0.15) is 5.84 Å². The van der Waals surface area contributed by atoms with Gasteiger partial charge in [-0.2, -0.15) is 0 Å². The van der Waals surface area contributed by atoms with E-state index in [1.807, 2.05) is 30.3 Å². The molecule has 0 aromatic heterocycles. The Labute approximate surface area is 128 Å². The molecule has 0 saturated carbocycles. The maximum atomic E-state index is 7.53. The number of nitrogens with two attached hydrogens (primary N) is 1. The Morgan fingerprint density at radius 1 is 1.25 bits per heavy atom. The Morgan fingerprint density at radius 2 is 1.95 bits per heavy atom. The van der Waals surface area contributed by atoms with Gasteiger partial charge in [0.15, 0.2) is 0 Å². The van der Waals surface area contributed by atoms with Crippen LogP contribution in [-0.4, -0.2) is 12.4 Å². The molecule has 0 amide bonds. The summed E-state index contributed by atoms with van der Waals surface area (Å²) in [4.78, 5) is 2.24. The molecule has 2 aromatic carbocycles. The molecule has 0 bridgehead atoms. The lowest BCUT2D eigenvalue weighted by Gasteiger charge is -2.25. The SMILES string of the molecule is CCN(c1ccc(C(=N)N)c(Br)c1)c1ccccc1C. The van der Waals surface area contributed by atoms with Crippen LogP contribution in [0.4, 0.5) is 11.4 Å². The molecule has 0 radical (unpaired) electrons. The topological polar surface area (TPSA) is 53.1 Å². The molecule has 0 aliphatic carbocycles. The second kappa shape index (κ2) is 6.09. The molecule has 2 aromatic rings. The molecule has 3 nitrogen and oxygen atoms in total. The van der Waals surface area contributed by atoms with Gasteiger partial charge in [-0.25, -0.2) is 0 Å². The molecule has 2 rings (SSSR count). The van der Waals surface area contributed by atoms with Gasteiger partial charge in [0.2, 0.25) is 0 Å². The minimum atomic E-state index is 0.0716. The van der Waals surface area contributed by atoms with Gasteiger partial charge in [-0.15, -0.1) is 0 Å². The smallest absolute Gasteiger partial charge is 0.123 e. The molecule has 0 aliphatic heterocycles. The number of hydrogen-bond donors (Lipinski definition) is 2. The van der Waals surface area contributed by atoms with E-state index in [1.54, 1.807) is 0 Å². The van der Waals surface area contributed by atoms with Crippen molar-refractivity contribution in [3.63, 3.8) is 0 Å². The maximum Gasteiger partial charge on any atom is 0.123 e. The van der Waals surface area contributed by atoms with Crippen molar-refractivity contribution in [3.05, 3.63) is 58.1 Å². The molecule has 3 N–H and O–H groups in total. The monoisotopic (exact) mass is 331 g/mol. The fraction of sp³-hybridized carbons (Fsp3) is 0.188. The highest BCUT2D eigenvalue weighted by Gasteiger charge is 2.12. The summed E-state index contributed by atoms with van der Waals surface area (Å²) in [6, 6.07) is 14.2. The van der Waals surface area contributed by atoms with Crippen LogP contribution in [0.5, 0.6) is 0 Å². The summed E-state index contributed by atoms with van der Waals surface area (Å²) in [5, 5.41) is 7.53. The average Bonchev–Trinajstić information content (AvgIpc) is 2.41. The lowest BCUT2D eigenvalue weighted by molar-refractivity contribution is 1.01. The van der Waals surface area contributed by atoms with Crippen molar-refractivity contribution >= 4 is 33.1 Å². The Morgan fingerprint density at radius 3 is 2.50 bits per heavy atom. The fourth-order valence-corrected chi connectivity index (χ4v) is 2.83. The van der Waals surface area contributed by atoms with Crippen molar-refractivity contribution in [2.75, 3.05) is 11.4 Å². The number of anilines is 2. The van der Waals surface area contributed by atoms with Crippen LogP contribution in [-0.2, 0) is 0 Å². The van der Waals surface area contributed by atoms with Crippen molar-refractivity contribution in [2.45, 2.75) is 13.8 Å². The van der Waals surface area contributed by atoms with Crippen molar-refractivity contribution in [3.8, 4) is 0 Å². The lowest BCUT2D eigenvalue weighted by Crippen LogP contribution is -2.18. The molecule has 0 saturated heterocycles. The Hall–Kier alpha value is -1.81. The fourth-order valence-electron chi connectivity index (χ4n) is 2.25. The molecule has 0 atom stereocenters. The van der Waals surface area contributed by atoms with Gasteiger partial charge >= 0.3 is 0 Å². The standard InChI is InChI=1S/C16H18BrN3/c1-3-20(15-7-5-4-6-11(15)2)12-8-9-13(16(18)19)14(17)10-12/h4-10H,3H2,1-2H3,(H3,18,19). The van der Waals surface area contributed by atoms with Gasteiger partial charge in [0.05, 0.1) is 0 Å². The van der Waals surface area contributed by atoms with E-state index in [0.29, 0.717) is 0 Å². The summed E-state index contributed by atoms with van der Waals surface area (Å²) >= 11 is 3.49. The second-order valence-electron chi connectivity index (χ2n) is 4.61. The molecule has 0 fully saturated rings. The zero-order valence-electron chi connectivity index (χ0n) is 11.7. The number of amidine groups is 1. The number of aryl methyl sites for hydroxylation is 1. The number of hydrogen-bond acceptors (Lipinski definition) is 2. The van der Waals surface area contributed by atoms with Gasteiger partial charge in [-0.3, -0.25) is 5.41 Å². The first-order valence-corrected chi connectivity index (χ1v) is 7.31. The number of halogens is 1. The van der Waals surface area contributed by atoms with Crippen LogP contribution in [0.1, 0.15) is 18.1 Å². The Bertz CT molecular complexity index is 637. The Balaban J connectivity index is 2.46. The molecule has 20 heavy (non-hydrogen) atoms. The summed E-state index contributed by atoms with van der Waals surface area (Å²) in [6.07, 6.45) is 0. The summed E-state index contributed by atoms with van der Waals surface area (Å²) in [5.74, 6) is 0.0716. The maximum absolute atomic E-state index is 7.53. The molecular formula is C16H18BrN3. The quantitative estimate of drug-likeness (QED) is 0.651. The van der Waals surface area contributed by atoms with E-state index in [1.165, 1.54) is 11.3 Å². The lowest BCUT2D eigenvalue weighted by atomic mass is 10.1. The molecule has 0 aliphatic rings. The van der Waals surface area contributed by atoms with Gasteiger partial charge in [0, 0.05) is 28.0 Å². The average molecular weight is 332 g/mol. The van der Waals surface area contributed by atoms with E-state index < -0.39 is 0 Å². The third-order valence-electron chi connectivity index (χ3n) is 3.28. The van der Waals surface area contributed by atoms with E-state index in [0.717, 1.165) is 22.3 Å². The van der Waals surface area contributed by atoms with Crippen molar-refractivity contribution in [1.29, 1.82) is 5.41 Å². The summed E-state index contributed by atoms with van der Waals surface area (Å²) in [6.45, 7) is 5.10. The first-order chi connectivity index (χ1) is 9.54. The van der Waals surface area contributed by atoms with Crippen LogP contribution in [0.25, 0.3) is 0 Å². The van der Waals surface area contributed by atoms with E-state index in [9.17, 15) is 0 Å². The summed E-state index contributed by atoms with van der Waals surface area (Å²) in [7, 11) is 0. The van der Waals surface area contributed by atoms with E-state index in [4.69, 9.17) is 11.1 Å². The van der Waals surface area contributed by atoms with Crippen LogP contribution in [0.15, 0.2) is 46.9 Å². The van der Waals surface area contributed by atoms with Crippen molar-refractivity contribution < 1.29 is 0 Å². The zero-order chi connectivity index (χ0) is 14.7. The highest BCUT2D eigenvalue weighted by molar-refractivity contribution is 9.10. The molecular weight excluding hydrogens is 314 g/mol. The normalized spacial score (nSPS) is 10.3. The summed E-state index contributed by atoms with van der Waals surface area (Å²) in [5.41, 5.74) is 9.78. The number of nitrogens with zero attached hydrogens (tertiary/aromatic N) is 1. The number of nitrogen functional groups attached to an aromatic ring is 1. The third kappa shape index (κ3) is 2.85. The minimum Gasteiger partial charge on any atom is -0.384 e. The molecule has 0 heterocycles. The first-order valence-electron chi connectivity index (χ1n) is 6.51. The highest BCUT2D eigenvalue weighted by Crippen LogP contribution is 2.31. The Kier molecular flexibility index (Phi) is 4.45. The summed E-state index contributed by atoms with van der Waals surface area (Å²) < 4.78 is 0.842. The van der Waals surface area contributed by atoms with Crippen LogP contribution in [0.2, 0.25) is 0 Å². The van der Waals surface area contributed by atoms with Crippen LogP contribution in [0, 0.1) is 12.3 Å². The molecule has 0 spiro atoms.